The predicted octanol–water partition coefficient (Wildman–Crippen LogP) is 6.00. The Balaban J connectivity index is 1.38. The van der Waals surface area contributed by atoms with Gasteiger partial charge in [0, 0.05) is 22.6 Å². The standard InChI is InChI=1S/C25H21N3OS/c1-18-10-12-22(13-11-18)26-25(29)21-9-5-6-19(16-21)17-30-24-15-14-23(27-28-24)20-7-3-2-4-8-20/h2-16H,17H2,1H3,(H,26,29). The van der Waals surface area contributed by atoms with E-state index in [1.165, 1.54) is 0 Å². The highest BCUT2D eigenvalue weighted by Crippen LogP contribution is 2.23. The third-order valence-electron chi connectivity index (χ3n) is 4.59. The molecule has 1 N–H and O–H groups in total. The molecular weight excluding hydrogens is 390 g/mol. The smallest absolute Gasteiger partial charge is 0.255 e. The summed E-state index contributed by atoms with van der Waals surface area (Å²) in [5.41, 5.74) is 5.55. The second-order valence-corrected chi connectivity index (χ2v) is 7.93. The minimum Gasteiger partial charge on any atom is -0.322 e. The molecule has 0 saturated carbocycles. The zero-order valence-electron chi connectivity index (χ0n) is 16.6. The van der Waals surface area contributed by atoms with Gasteiger partial charge in [-0.15, -0.1) is 10.2 Å². The maximum atomic E-state index is 12.6. The van der Waals surface area contributed by atoms with E-state index in [1.807, 2.05) is 97.9 Å². The van der Waals surface area contributed by atoms with Crippen LogP contribution in [0.1, 0.15) is 21.5 Å². The fourth-order valence-electron chi connectivity index (χ4n) is 2.96. The van der Waals surface area contributed by atoms with Gasteiger partial charge in [0.2, 0.25) is 0 Å². The van der Waals surface area contributed by atoms with Gasteiger partial charge in [0.1, 0.15) is 5.03 Å². The van der Waals surface area contributed by atoms with Crippen LogP contribution in [0.5, 0.6) is 0 Å². The number of hydrogen-bond acceptors (Lipinski definition) is 4. The number of aromatic nitrogens is 2. The number of amides is 1. The molecule has 0 radical (unpaired) electrons. The highest BCUT2D eigenvalue weighted by molar-refractivity contribution is 7.98. The van der Waals surface area contributed by atoms with Crippen molar-refractivity contribution in [3.63, 3.8) is 0 Å². The highest BCUT2D eigenvalue weighted by atomic mass is 32.2. The summed E-state index contributed by atoms with van der Waals surface area (Å²) in [7, 11) is 0. The van der Waals surface area contributed by atoms with Crippen molar-refractivity contribution in [2.45, 2.75) is 17.7 Å². The maximum absolute atomic E-state index is 12.6. The molecule has 4 aromatic rings. The number of nitrogens with one attached hydrogen (secondary N) is 1. The van der Waals surface area contributed by atoms with Crippen LogP contribution < -0.4 is 5.32 Å². The molecule has 0 aliphatic heterocycles. The van der Waals surface area contributed by atoms with Gasteiger partial charge in [0.15, 0.2) is 0 Å². The summed E-state index contributed by atoms with van der Waals surface area (Å²) in [5, 5.41) is 12.4. The van der Waals surface area contributed by atoms with Crippen LogP contribution in [0.4, 0.5) is 5.69 Å². The predicted molar refractivity (Wildman–Crippen MR) is 123 cm³/mol. The molecule has 30 heavy (non-hydrogen) atoms. The Morgan fingerprint density at radius 3 is 2.40 bits per heavy atom. The summed E-state index contributed by atoms with van der Waals surface area (Å²) in [6.07, 6.45) is 0. The molecule has 0 aliphatic carbocycles. The molecular formula is C25H21N3OS. The lowest BCUT2D eigenvalue weighted by Gasteiger charge is -2.07. The Morgan fingerprint density at radius 2 is 1.67 bits per heavy atom. The van der Waals surface area contributed by atoms with Crippen molar-refractivity contribution in [2.24, 2.45) is 0 Å². The number of hydrogen-bond donors (Lipinski definition) is 1. The number of thioether (sulfide) groups is 1. The number of anilines is 1. The van der Waals surface area contributed by atoms with Crippen LogP contribution in [-0.2, 0) is 5.75 Å². The van der Waals surface area contributed by atoms with Gasteiger partial charge in [0.05, 0.1) is 5.69 Å². The zero-order chi connectivity index (χ0) is 20.8. The SMILES string of the molecule is Cc1ccc(NC(=O)c2cccc(CSc3ccc(-c4ccccc4)nn3)c2)cc1. The molecule has 4 rings (SSSR count). The lowest BCUT2D eigenvalue weighted by molar-refractivity contribution is 0.102. The van der Waals surface area contributed by atoms with Gasteiger partial charge in [-0.2, -0.15) is 0 Å². The second-order valence-electron chi connectivity index (χ2n) is 6.93. The van der Waals surface area contributed by atoms with Crippen molar-refractivity contribution in [1.82, 2.24) is 10.2 Å². The van der Waals surface area contributed by atoms with E-state index in [-0.39, 0.29) is 5.91 Å². The Labute approximate surface area is 180 Å². The number of aryl methyl sites for hydroxylation is 1. The average molecular weight is 412 g/mol. The van der Waals surface area contributed by atoms with E-state index in [9.17, 15) is 4.79 Å². The van der Waals surface area contributed by atoms with Crippen LogP contribution in [0.15, 0.2) is 96.0 Å². The molecule has 0 spiro atoms. The molecule has 1 amide bonds. The van der Waals surface area contributed by atoms with Crippen molar-refractivity contribution in [2.75, 3.05) is 5.32 Å². The average Bonchev–Trinajstić information content (AvgIpc) is 2.80. The number of rotatable bonds is 6. The first kappa shape index (κ1) is 19.9. The van der Waals surface area contributed by atoms with E-state index >= 15 is 0 Å². The van der Waals surface area contributed by atoms with Crippen LogP contribution in [0.3, 0.4) is 0 Å². The van der Waals surface area contributed by atoms with Gasteiger partial charge in [0.25, 0.3) is 5.91 Å². The van der Waals surface area contributed by atoms with Crippen LogP contribution in [0.2, 0.25) is 0 Å². The molecule has 4 nitrogen and oxygen atoms in total. The molecule has 1 heterocycles. The van der Waals surface area contributed by atoms with E-state index in [2.05, 4.69) is 15.5 Å². The summed E-state index contributed by atoms with van der Waals surface area (Å²) >= 11 is 1.60. The molecule has 1 aromatic heterocycles. The fraction of sp³-hybridized carbons (Fsp3) is 0.0800. The second kappa shape index (κ2) is 9.37. The van der Waals surface area contributed by atoms with Crippen molar-refractivity contribution in [3.8, 4) is 11.3 Å². The van der Waals surface area contributed by atoms with Gasteiger partial charge in [-0.1, -0.05) is 71.9 Å². The van der Waals surface area contributed by atoms with Crippen LogP contribution in [-0.4, -0.2) is 16.1 Å². The van der Waals surface area contributed by atoms with Crippen LogP contribution >= 0.6 is 11.8 Å². The maximum Gasteiger partial charge on any atom is 0.255 e. The van der Waals surface area contributed by atoms with Crippen molar-refractivity contribution >= 4 is 23.4 Å². The largest absolute Gasteiger partial charge is 0.322 e. The first-order valence-electron chi connectivity index (χ1n) is 9.66. The summed E-state index contributed by atoms with van der Waals surface area (Å²) < 4.78 is 0. The van der Waals surface area contributed by atoms with E-state index in [0.717, 1.165) is 33.1 Å². The minimum absolute atomic E-state index is 0.113. The minimum atomic E-state index is -0.113. The molecule has 0 atom stereocenters. The first-order valence-corrected chi connectivity index (χ1v) is 10.6. The van der Waals surface area contributed by atoms with Gasteiger partial charge < -0.3 is 5.32 Å². The normalized spacial score (nSPS) is 10.6. The number of carbonyl (C=O) groups excluding carboxylic acids is 1. The molecule has 0 fully saturated rings. The van der Waals surface area contributed by atoms with Gasteiger partial charge in [-0.25, -0.2) is 0 Å². The summed E-state index contributed by atoms with van der Waals surface area (Å²) in [6.45, 7) is 2.02. The molecule has 0 bridgehead atoms. The van der Waals surface area contributed by atoms with E-state index in [4.69, 9.17) is 0 Å². The Kier molecular flexibility index (Phi) is 6.20. The molecule has 3 aromatic carbocycles. The van der Waals surface area contributed by atoms with E-state index in [0.29, 0.717) is 11.3 Å². The number of benzene rings is 3. The highest BCUT2D eigenvalue weighted by Gasteiger charge is 2.08. The van der Waals surface area contributed by atoms with Gasteiger partial charge >= 0.3 is 0 Å². The number of nitrogens with zero attached hydrogens (tertiary/aromatic N) is 2. The summed E-state index contributed by atoms with van der Waals surface area (Å²) in [6, 6.07) is 29.4. The van der Waals surface area contributed by atoms with Gasteiger partial charge in [-0.3, -0.25) is 4.79 Å². The molecule has 5 heteroatoms. The Hall–Kier alpha value is -3.44. The Bertz CT molecular complexity index is 1130. The Morgan fingerprint density at radius 1 is 0.867 bits per heavy atom. The zero-order valence-corrected chi connectivity index (χ0v) is 17.4. The lowest BCUT2D eigenvalue weighted by Crippen LogP contribution is -2.12. The molecule has 0 unspecified atom stereocenters. The molecule has 148 valence electrons. The monoisotopic (exact) mass is 411 g/mol. The van der Waals surface area contributed by atoms with E-state index in [1.54, 1.807) is 11.8 Å². The quantitative estimate of drug-likeness (QED) is 0.396. The third kappa shape index (κ3) is 5.13. The lowest BCUT2D eigenvalue weighted by atomic mass is 10.1. The molecule has 0 aliphatic rings. The van der Waals surface area contributed by atoms with E-state index < -0.39 is 0 Å². The summed E-state index contributed by atoms with van der Waals surface area (Å²) in [5.74, 6) is 0.600. The van der Waals surface area contributed by atoms with Crippen LogP contribution in [0, 0.1) is 6.92 Å². The van der Waals surface area contributed by atoms with Gasteiger partial charge in [-0.05, 0) is 48.9 Å². The van der Waals surface area contributed by atoms with Crippen molar-refractivity contribution in [1.29, 1.82) is 0 Å². The first-order chi connectivity index (χ1) is 14.7. The fourth-order valence-corrected chi connectivity index (χ4v) is 3.72. The van der Waals surface area contributed by atoms with Crippen LogP contribution in [0.25, 0.3) is 11.3 Å². The number of carbonyl (C=O) groups is 1. The van der Waals surface area contributed by atoms with Crippen molar-refractivity contribution < 1.29 is 4.79 Å². The molecule has 0 saturated heterocycles. The summed E-state index contributed by atoms with van der Waals surface area (Å²) in [4.78, 5) is 12.6. The third-order valence-corrected chi connectivity index (χ3v) is 5.59. The topological polar surface area (TPSA) is 54.9 Å². The van der Waals surface area contributed by atoms with Crippen molar-refractivity contribution in [3.05, 3.63) is 108 Å².